The number of hydrogen-bond acceptors (Lipinski definition) is 2. The van der Waals surface area contributed by atoms with Crippen molar-refractivity contribution in [1.29, 1.82) is 0 Å². The van der Waals surface area contributed by atoms with Crippen LogP contribution in [-0.4, -0.2) is 11.1 Å². The molecule has 0 N–H and O–H groups in total. The lowest BCUT2D eigenvalue weighted by molar-refractivity contribution is -0.664. The van der Waals surface area contributed by atoms with Crippen molar-refractivity contribution in [3.63, 3.8) is 0 Å². The molecule has 0 unspecified atom stereocenters. The van der Waals surface area contributed by atoms with Gasteiger partial charge in [0.25, 0.3) is 5.52 Å². The third-order valence-electron chi connectivity index (χ3n) is 11.7. The second-order valence-corrected chi connectivity index (χ2v) is 16.8. The normalized spacial score (nSPS) is 13.4. The molecular formula is C48H25BF24N2O2. The molecule has 4 nitrogen and oxygen atoms in total. The second kappa shape index (κ2) is 20.1. The van der Waals surface area contributed by atoms with Gasteiger partial charge in [-0.1, -0.05) is 84.9 Å². The zero-order chi connectivity index (χ0) is 57.9. The monoisotopic (exact) mass is 1130 g/mol. The van der Waals surface area contributed by atoms with Crippen molar-refractivity contribution in [3.8, 4) is 0 Å². The van der Waals surface area contributed by atoms with Crippen molar-refractivity contribution in [3.05, 3.63) is 200 Å². The molecule has 7 aromatic rings. The van der Waals surface area contributed by atoms with Crippen molar-refractivity contribution >= 4 is 44.6 Å². The smallest absolute Gasteiger partial charge is 0.258 e. The van der Waals surface area contributed by atoms with Crippen molar-refractivity contribution in [1.82, 2.24) is 0 Å². The number of benzene rings is 6. The van der Waals surface area contributed by atoms with Gasteiger partial charge in [-0.3, -0.25) is 10.1 Å². The van der Waals surface area contributed by atoms with Crippen LogP contribution in [0.5, 0.6) is 0 Å². The molecule has 29 heteroatoms. The molecule has 0 saturated carbocycles. The molecule has 410 valence electrons. The highest BCUT2D eigenvalue weighted by atomic mass is 19.4. The number of nitro groups is 1. The number of aromatic nitrogens is 1. The van der Waals surface area contributed by atoms with E-state index in [1.165, 1.54) is 0 Å². The third kappa shape index (κ3) is 13.0. The Morgan fingerprint density at radius 1 is 0.364 bits per heavy atom. The summed E-state index contributed by atoms with van der Waals surface area (Å²) in [5.41, 5.74) is -28.3. The molecule has 7 rings (SSSR count). The molecule has 0 fully saturated rings. The molecule has 1 aromatic heterocycles. The molecule has 1 heterocycles. The summed E-state index contributed by atoms with van der Waals surface area (Å²) in [6.45, 7) is 0.614. The summed E-state index contributed by atoms with van der Waals surface area (Å²) in [4.78, 5) is 10.9. The van der Waals surface area contributed by atoms with Crippen LogP contribution in [0.2, 0.25) is 0 Å². The molecule has 0 aliphatic carbocycles. The van der Waals surface area contributed by atoms with Gasteiger partial charge < -0.3 is 0 Å². The molecule has 0 spiro atoms. The summed E-state index contributed by atoms with van der Waals surface area (Å²) in [5.74, 6) is 0. The van der Waals surface area contributed by atoms with E-state index in [1.807, 2.05) is 59.3 Å². The van der Waals surface area contributed by atoms with Crippen LogP contribution in [0.25, 0.3) is 10.9 Å². The number of hydrogen-bond donors (Lipinski definition) is 0. The Labute approximate surface area is 414 Å². The zero-order valence-electron chi connectivity index (χ0n) is 37.3. The predicted molar refractivity (Wildman–Crippen MR) is 226 cm³/mol. The largest absolute Gasteiger partial charge is 0.416 e. The number of para-hydroxylation sites is 1. The van der Waals surface area contributed by atoms with E-state index in [2.05, 4.69) is 0 Å². The second-order valence-electron chi connectivity index (χ2n) is 16.8. The number of alkyl halides is 24. The first-order valence-corrected chi connectivity index (χ1v) is 21.0. The summed E-state index contributed by atoms with van der Waals surface area (Å²) in [7, 11) is 0. The maximum absolute atomic E-state index is 14.2. The molecular weight excluding hydrogens is 1100 g/mol. The Balaban J connectivity index is 0.000000397. The van der Waals surface area contributed by atoms with Crippen molar-refractivity contribution in [2.45, 2.75) is 56.0 Å². The Morgan fingerprint density at radius 2 is 0.636 bits per heavy atom. The highest BCUT2D eigenvalue weighted by Gasteiger charge is 2.47. The maximum Gasteiger partial charge on any atom is 0.416 e. The van der Waals surface area contributed by atoms with Gasteiger partial charge in [0.05, 0.1) is 54.8 Å². The molecule has 77 heavy (non-hydrogen) atoms. The van der Waals surface area contributed by atoms with Crippen LogP contribution in [0.1, 0.15) is 50.1 Å². The van der Waals surface area contributed by atoms with Gasteiger partial charge in [-0.05, 0) is 36.4 Å². The van der Waals surface area contributed by atoms with Crippen LogP contribution in [0, 0.1) is 10.1 Å². The fourth-order valence-corrected chi connectivity index (χ4v) is 8.45. The lowest BCUT2D eigenvalue weighted by atomic mass is 9.12. The summed E-state index contributed by atoms with van der Waals surface area (Å²) in [5, 5.41) is 12.1. The standard InChI is InChI=1S/C32H12BF24.C16H13N2O2/c34-25(35,36)13-1-14(26(37,38)39)6-21(5-13)33(22-7-15(27(40,41)42)2-16(8-22)28(43,44)45,23-9-17(29(46,47)48)3-18(10-23)30(49,50)51)24-11-19(31(52,53)54)4-20(12-24)32(55,56)57;19-18(20)15-10-4-8-14-9-5-11-17(16(14)15)12-13-6-2-1-3-7-13/h1-12H;1-11H,12H2/q-1;+1. The van der Waals surface area contributed by atoms with E-state index in [1.54, 1.807) is 12.1 Å². The average molecular weight is 1130 g/mol. The number of non-ortho nitro benzene ring substituents is 1. The quantitative estimate of drug-likeness (QED) is 0.0525. The van der Waals surface area contributed by atoms with Gasteiger partial charge in [-0.25, -0.2) is 0 Å². The summed E-state index contributed by atoms with van der Waals surface area (Å²) < 4.78 is 343. The Kier molecular flexibility index (Phi) is 15.4. The maximum atomic E-state index is 14.2. The molecule has 0 aliphatic heterocycles. The first-order chi connectivity index (χ1) is 35.0. The van der Waals surface area contributed by atoms with Crippen LogP contribution < -0.4 is 26.4 Å². The fraction of sp³-hybridized carbons (Fsp3) is 0.188. The van der Waals surface area contributed by atoms with Crippen LogP contribution in [0.15, 0.2) is 140 Å². The van der Waals surface area contributed by atoms with Crippen molar-refractivity contribution < 1.29 is 115 Å². The van der Waals surface area contributed by atoms with Crippen molar-refractivity contribution in [2.24, 2.45) is 0 Å². The number of nitrogens with zero attached hydrogens (tertiary/aromatic N) is 2. The van der Waals surface area contributed by atoms with E-state index >= 15 is 0 Å². The Hall–Kier alpha value is -7.49. The first kappa shape index (κ1) is 58.8. The van der Waals surface area contributed by atoms with E-state index in [0.29, 0.717) is 12.1 Å². The lowest BCUT2D eigenvalue weighted by Gasteiger charge is -2.46. The van der Waals surface area contributed by atoms with Crippen molar-refractivity contribution in [2.75, 3.05) is 0 Å². The number of fused-ring (bicyclic) bond motifs is 1. The minimum Gasteiger partial charge on any atom is -0.258 e. The minimum atomic E-state index is -6.13. The van der Waals surface area contributed by atoms with Gasteiger partial charge in [0, 0.05) is 17.7 Å². The number of pyridine rings is 1. The minimum absolute atomic E-state index is 0.138. The lowest BCUT2D eigenvalue weighted by Crippen LogP contribution is -2.75. The summed E-state index contributed by atoms with van der Waals surface area (Å²) >= 11 is 0. The van der Waals surface area contributed by atoms with Gasteiger partial charge in [-0.15, -0.1) is 0 Å². The van der Waals surface area contributed by atoms with Gasteiger partial charge >= 0.3 is 55.1 Å². The summed E-state index contributed by atoms with van der Waals surface area (Å²) in [6, 6.07) is 10.1. The first-order valence-electron chi connectivity index (χ1n) is 21.0. The van der Waals surface area contributed by atoms with Gasteiger partial charge in [0.15, 0.2) is 12.7 Å². The van der Waals surface area contributed by atoms with E-state index in [9.17, 15) is 115 Å². The highest BCUT2D eigenvalue weighted by molar-refractivity contribution is 7.20. The van der Waals surface area contributed by atoms with E-state index in [-0.39, 0.29) is 10.6 Å². The molecule has 0 saturated heterocycles. The van der Waals surface area contributed by atoms with Gasteiger partial charge in [0.2, 0.25) is 0 Å². The molecule has 0 bridgehead atoms. The van der Waals surface area contributed by atoms with Crippen LogP contribution in [-0.2, 0) is 56.0 Å². The molecule has 0 amide bonds. The SMILES string of the molecule is FC(F)(F)c1cc([B-](c2cc(C(F)(F)F)cc(C(F)(F)F)c2)(c2cc(C(F)(F)F)cc(C(F)(F)F)c2)c2cc(C(F)(F)F)cc(C(F)(F)F)c2)cc(C(F)(F)F)c1.O=[N+]([O-])c1cccc2ccc[n+](Cc3ccccc3)c12. The topological polar surface area (TPSA) is 47.0 Å². The molecule has 0 aliphatic rings. The Morgan fingerprint density at radius 3 is 0.896 bits per heavy atom. The molecule has 6 aromatic carbocycles. The van der Waals surface area contributed by atoms with E-state index < -0.39 is 195 Å². The third-order valence-corrected chi connectivity index (χ3v) is 11.7. The zero-order valence-corrected chi connectivity index (χ0v) is 37.3. The van der Waals surface area contributed by atoms with Crippen LogP contribution in [0.4, 0.5) is 111 Å². The van der Waals surface area contributed by atoms with Gasteiger partial charge in [-0.2, -0.15) is 132 Å². The van der Waals surface area contributed by atoms with Crippen LogP contribution in [0.3, 0.4) is 0 Å². The summed E-state index contributed by atoms with van der Waals surface area (Å²) in [6.07, 6.45) is -52.9. The predicted octanol–water partition coefficient (Wildman–Crippen LogP) is 14.3. The molecule has 0 radical (unpaired) electrons. The number of halogens is 24. The number of nitro benzene ring substituents is 1. The van der Waals surface area contributed by atoms with E-state index in [0.717, 1.165) is 10.9 Å². The fourth-order valence-electron chi connectivity index (χ4n) is 8.45. The number of rotatable bonds is 7. The van der Waals surface area contributed by atoms with Gasteiger partial charge in [0.1, 0.15) is 6.15 Å². The van der Waals surface area contributed by atoms with E-state index in [4.69, 9.17) is 0 Å². The molecule has 0 atom stereocenters. The highest BCUT2D eigenvalue weighted by Crippen LogP contribution is 2.41. The Bertz CT molecular complexity index is 2870. The average Bonchev–Trinajstić information content (AvgIpc) is 3.29. The van der Waals surface area contributed by atoms with Crippen LogP contribution >= 0.6 is 0 Å².